The SMILES string of the molecule is C=CC(=O)Oc1ccc(C(=Cc2ccc(N(c3ccc(OC(=O)C=C)cc3)c3ccc(-c4ccccc4)cc3)cc2)c2ccccc2)cc1. The van der Waals surface area contributed by atoms with Gasteiger partial charge in [-0.1, -0.05) is 110 Å². The fourth-order valence-corrected chi connectivity index (χ4v) is 5.40. The van der Waals surface area contributed by atoms with Gasteiger partial charge in [-0.2, -0.15) is 0 Å². The van der Waals surface area contributed by atoms with Gasteiger partial charge in [0.25, 0.3) is 0 Å². The normalized spacial score (nSPS) is 10.9. The van der Waals surface area contributed by atoms with Gasteiger partial charge in [0.05, 0.1) is 0 Å². The molecule has 5 heteroatoms. The van der Waals surface area contributed by atoms with Crippen molar-refractivity contribution in [1.82, 2.24) is 0 Å². The highest BCUT2D eigenvalue weighted by Gasteiger charge is 2.14. The Kier molecular flexibility index (Phi) is 10.0. The maximum atomic E-state index is 11.8. The molecule has 0 amide bonds. The molecule has 0 radical (unpaired) electrons. The Morgan fingerprint density at radius 1 is 0.469 bits per heavy atom. The molecule has 0 N–H and O–H groups in total. The number of anilines is 3. The average Bonchev–Trinajstić information content (AvgIpc) is 3.16. The van der Waals surface area contributed by atoms with Crippen LogP contribution in [-0.2, 0) is 9.59 Å². The summed E-state index contributed by atoms with van der Waals surface area (Å²) < 4.78 is 10.6. The van der Waals surface area contributed by atoms with Crippen molar-refractivity contribution in [2.24, 2.45) is 0 Å². The van der Waals surface area contributed by atoms with Crippen molar-refractivity contribution in [1.29, 1.82) is 0 Å². The van der Waals surface area contributed by atoms with E-state index in [-0.39, 0.29) is 0 Å². The molecule has 5 nitrogen and oxygen atoms in total. The highest BCUT2D eigenvalue weighted by molar-refractivity contribution is 5.92. The Bertz CT molecular complexity index is 2080. The summed E-state index contributed by atoms with van der Waals surface area (Å²) in [6.07, 6.45) is 4.43. The second-order valence-corrected chi connectivity index (χ2v) is 11.0. The maximum absolute atomic E-state index is 11.8. The Morgan fingerprint density at radius 2 is 0.878 bits per heavy atom. The molecule has 0 aliphatic heterocycles. The van der Waals surface area contributed by atoms with E-state index in [2.05, 4.69) is 96.9 Å². The quantitative estimate of drug-likeness (QED) is 0.0611. The summed E-state index contributed by atoms with van der Waals surface area (Å²) >= 11 is 0. The van der Waals surface area contributed by atoms with Gasteiger partial charge < -0.3 is 14.4 Å². The summed E-state index contributed by atoms with van der Waals surface area (Å²) in [6.45, 7) is 6.94. The minimum atomic E-state index is -0.508. The van der Waals surface area contributed by atoms with Crippen LogP contribution in [-0.4, -0.2) is 11.9 Å². The molecule has 238 valence electrons. The summed E-state index contributed by atoms with van der Waals surface area (Å²) in [5.74, 6) is -0.116. The van der Waals surface area contributed by atoms with E-state index >= 15 is 0 Å². The van der Waals surface area contributed by atoms with Gasteiger partial charge in [0.15, 0.2) is 0 Å². The van der Waals surface area contributed by atoms with Crippen LogP contribution in [0.15, 0.2) is 183 Å². The zero-order valence-electron chi connectivity index (χ0n) is 26.7. The van der Waals surface area contributed by atoms with Crippen LogP contribution in [0, 0.1) is 0 Å². The van der Waals surface area contributed by atoms with Crippen LogP contribution in [0.25, 0.3) is 22.8 Å². The molecule has 0 aliphatic carbocycles. The second-order valence-electron chi connectivity index (χ2n) is 11.0. The summed E-state index contributed by atoms with van der Waals surface area (Å²) in [5, 5.41) is 0. The highest BCUT2D eigenvalue weighted by Crippen LogP contribution is 2.37. The van der Waals surface area contributed by atoms with Gasteiger partial charge in [-0.15, -0.1) is 0 Å². The number of carbonyl (C=O) groups is 2. The van der Waals surface area contributed by atoms with Gasteiger partial charge in [0.1, 0.15) is 11.5 Å². The van der Waals surface area contributed by atoms with Crippen molar-refractivity contribution < 1.29 is 19.1 Å². The first-order valence-corrected chi connectivity index (χ1v) is 15.7. The lowest BCUT2D eigenvalue weighted by atomic mass is 9.95. The number of nitrogens with zero attached hydrogens (tertiary/aromatic N) is 1. The lowest BCUT2D eigenvalue weighted by molar-refractivity contribution is -0.129. The van der Waals surface area contributed by atoms with Gasteiger partial charge >= 0.3 is 11.9 Å². The molecule has 6 aromatic rings. The summed E-state index contributed by atoms with van der Waals surface area (Å²) in [7, 11) is 0. The Balaban J connectivity index is 1.35. The zero-order chi connectivity index (χ0) is 34.0. The average molecular weight is 640 g/mol. The van der Waals surface area contributed by atoms with Gasteiger partial charge in [-0.05, 0) is 100 Å². The number of esters is 2. The zero-order valence-corrected chi connectivity index (χ0v) is 26.7. The van der Waals surface area contributed by atoms with Crippen molar-refractivity contribution in [3.63, 3.8) is 0 Å². The van der Waals surface area contributed by atoms with Gasteiger partial charge in [0, 0.05) is 29.2 Å². The van der Waals surface area contributed by atoms with E-state index in [0.717, 1.165) is 62.6 Å². The molecule has 6 aromatic carbocycles. The minimum absolute atomic E-state index is 0.439. The smallest absolute Gasteiger partial charge is 0.335 e. The van der Waals surface area contributed by atoms with Crippen LogP contribution in [0.3, 0.4) is 0 Å². The molecule has 0 heterocycles. The molecule has 0 atom stereocenters. The van der Waals surface area contributed by atoms with Crippen molar-refractivity contribution >= 4 is 40.6 Å². The minimum Gasteiger partial charge on any atom is -0.423 e. The molecule has 0 saturated heterocycles. The van der Waals surface area contributed by atoms with Gasteiger partial charge in [-0.3, -0.25) is 0 Å². The Morgan fingerprint density at radius 3 is 1.39 bits per heavy atom. The molecule has 49 heavy (non-hydrogen) atoms. The van der Waals surface area contributed by atoms with Crippen LogP contribution in [0.4, 0.5) is 17.1 Å². The van der Waals surface area contributed by atoms with E-state index in [0.29, 0.717) is 11.5 Å². The number of hydrogen-bond donors (Lipinski definition) is 0. The number of ether oxygens (including phenoxy) is 2. The molecular formula is C44H33NO4. The first-order valence-electron chi connectivity index (χ1n) is 15.7. The van der Waals surface area contributed by atoms with E-state index in [1.165, 1.54) is 0 Å². The molecule has 0 unspecified atom stereocenters. The second kappa shape index (κ2) is 15.2. The lowest BCUT2D eigenvalue weighted by Gasteiger charge is -2.26. The van der Waals surface area contributed by atoms with Crippen LogP contribution < -0.4 is 14.4 Å². The largest absolute Gasteiger partial charge is 0.423 e. The van der Waals surface area contributed by atoms with Crippen molar-refractivity contribution in [2.45, 2.75) is 0 Å². The third kappa shape index (κ3) is 7.99. The van der Waals surface area contributed by atoms with Crippen LogP contribution >= 0.6 is 0 Å². The van der Waals surface area contributed by atoms with E-state index in [1.807, 2.05) is 60.7 Å². The molecular weight excluding hydrogens is 606 g/mol. The first-order chi connectivity index (χ1) is 24.0. The molecule has 0 aromatic heterocycles. The van der Waals surface area contributed by atoms with Crippen LogP contribution in [0.2, 0.25) is 0 Å². The third-order valence-corrected chi connectivity index (χ3v) is 7.81. The highest BCUT2D eigenvalue weighted by atomic mass is 16.5. The van der Waals surface area contributed by atoms with Crippen molar-refractivity contribution in [3.05, 3.63) is 200 Å². The fraction of sp³-hybridized carbons (Fsp3) is 0. The van der Waals surface area contributed by atoms with E-state index < -0.39 is 11.9 Å². The van der Waals surface area contributed by atoms with Crippen LogP contribution in [0.5, 0.6) is 11.5 Å². The van der Waals surface area contributed by atoms with E-state index in [9.17, 15) is 9.59 Å². The monoisotopic (exact) mass is 639 g/mol. The van der Waals surface area contributed by atoms with E-state index in [1.54, 1.807) is 24.3 Å². The molecule has 0 fully saturated rings. The number of rotatable bonds is 11. The maximum Gasteiger partial charge on any atom is 0.335 e. The number of benzene rings is 6. The summed E-state index contributed by atoms with van der Waals surface area (Å²) in [5.41, 5.74) is 9.16. The lowest BCUT2D eigenvalue weighted by Crippen LogP contribution is -2.10. The fourth-order valence-electron chi connectivity index (χ4n) is 5.40. The van der Waals surface area contributed by atoms with Crippen molar-refractivity contribution in [3.8, 4) is 22.6 Å². The molecule has 0 saturated carbocycles. The topological polar surface area (TPSA) is 55.8 Å². The molecule has 6 rings (SSSR count). The van der Waals surface area contributed by atoms with E-state index in [4.69, 9.17) is 9.47 Å². The Labute approximate surface area is 286 Å². The van der Waals surface area contributed by atoms with Crippen molar-refractivity contribution in [2.75, 3.05) is 4.90 Å². The van der Waals surface area contributed by atoms with Crippen LogP contribution in [0.1, 0.15) is 16.7 Å². The molecule has 0 spiro atoms. The predicted molar refractivity (Wildman–Crippen MR) is 198 cm³/mol. The summed E-state index contributed by atoms with van der Waals surface area (Å²) in [6, 6.07) is 52.0. The Hall–Kier alpha value is -6.72. The number of carbonyl (C=O) groups excluding carboxylic acids is 2. The first kappa shape index (κ1) is 32.2. The summed E-state index contributed by atoms with van der Waals surface area (Å²) in [4.78, 5) is 25.6. The van der Waals surface area contributed by atoms with Gasteiger partial charge in [-0.25, -0.2) is 9.59 Å². The number of hydrogen-bond acceptors (Lipinski definition) is 5. The molecule has 0 aliphatic rings. The third-order valence-electron chi connectivity index (χ3n) is 7.81. The standard InChI is InChI=1S/C44H33NO4/c1-3-43(46)48-40-27-19-36(20-28-40)42(35-13-9-6-10-14-35)31-32-15-21-37(22-16-32)45(39-25-29-41(30-26-39)49-44(47)4-2)38-23-17-34(18-24-38)33-11-7-5-8-12-33/h3-31H,1-2H2. The van der Waals surface area contributed by atoms with Gasteiger partial charge in [0.2, 0.25) is 0 Å². The molecule has 0 bridgehead atoms. The predicted octanol–water partition coefficient (Wildman–Crippen LogP) is 10.6.